The van der Waals surface area contributed by atoms with Crippen molar-refractivity contribution in [2.75, 3.05) is 11.9 Å². The molecule has 1 N–H and O–H groups in total. The second kappa shape index (κ2) is 7.92. The lowest BCUT2D eigenvalue weighted by atomic mass is 10.2. The fourth-order valence-electron chi connectivity index (χ4n) is 1.68. The van der Waals surface area contributed by atoms with E-state index in [2.05, 4.69) is 26.2 Å². The number of carbonyl (C=O) groups excluding carboxylic acids is 2. The van der Waals surface area contributed by atoms with Crippen molar-refractivity contribution in [1.29, 1.82) is 0 Å². The maximum atomic E-state index is 13.6. The molecule has 0 saturated heterocycles. The first-order valence-electron chi connectivity index (χ1n) is 6.52. The topological polar surface area (TPSA) is 68.3 Å². The second-order valence-electron chi connectivity index (χ2n) is 4.64. The van der Waals surface area contributed by atoms with Gasteiger partial charge in [0.25, 0.3) is 5.91 Å². The Balaban J connectivity index is 1.98. The molecule has 0 spiro atoms. The number of hydrogen-bond acceptors (Lipinski definition) is 4. The number of aromatic nitrogens is 1. The largest absolute Gasteiger partial charge is 0.452 e. The number of rotatable bonds is 4. The number of nitrogens with one attached hydrogen (secondary N) is 1. The highest BCUT2D eigenvalue weighted by Crippen LogP contribution is 2.28. The van der Waals surface area contributed by atoms with E-state index >= 15 is 0 Å². The highest BCUT2D eigenvalue weighted by Gasteiger charge is 2.16. The summed E-state index contributed by atoms with van der Waals surface area (Å²) in [6.07, 6.45) is 1.33. The predicted molar refractivity (Wildman–Crippen MR) is 92.0 cm³/mol. The SMILES string of the molecule is Cc1c(Cl)cnc(NC(=O)COC(=O)c2ccc(Br)cc2F)c1Cl. The number of carbonyl (C=O) groups is 2. The molecule has 0 atom stereocenters. The Labute approximate surface area is 155 Å². The van der Waals surface area contributed by atoms with Crippen molar-refractivity contribution in [3.8, 4) is 0 Å². The van der Waals surface area contributed by atoms with E-state index in [1.165, 1.54) is 18.3 Å². The van der Waals surface area contributed by atoms with E-state index in [0.29, 0.717) is 15.1 Å². The number of esters is 1. The van der Waals surface area contributed by atoms with Crippen LogP contribution in [0, 0.1) is 12.7 Å². The van der Waals surface area contributed by atoms with Crippen molar-refractivity contribution < 1.29 is 18.7 Å². The Bertz CT molecular complexity index is 818. The fourth-order valence-corrected chi connectivity index (χ4v) is 2.40. The molecule has 0 fully saturated rings. The monoisotopic (exact) mass is 434 g/mol. The van der Waals surface area contributed by atoms with Gasteiger partial charge in [-0.3, -0.25) is 4.79 Å². The molecule has 0 aliphatic heterocycles. The molecule has 1 aromatic carbocycles. The van der Waals surface area contributed by atoms with Crippen molar-refractivity contribution in [2.24, 2.45) is 0 Å². The van der Waals surface area contributed by atoms with Crippen LogP contribution in [0.3, 0.4) is 0 Å². The van der Waals surface area contributed by atoms with E-state index < -0.39 is 24.3 Å². The normalized spacial score (nSPS) is 10.4. The Morgan fingerprint density at radius 1 is 1.38 bits per heavy atom. The molecule has 9 heteroatoms. The molecule has 1 heterocycles. The Kier molecular flexibility index (Phi) is 6.15. The summed E-state index contributed by atoms with van der Waals surface area (Å²) in [5, 5.41) is 2.93. The van der Waals surface area contributed by atoms with Gasteiger partial charge in [0.15, 0.2) is 12.4 Å². The van der Waals surface area contributed by atoms with Crippen LogP contribution in [0.4, 0.5) is 10.2 Å². The molecule has 2 rings (SSSR count). The van der Waals surface area contributed by atoms with E-state index in [0.717, 1.165) is 6.07 Å². The second-order valence-corrected chi connectivity index (χ2v) is 6.34. The van der Waals surface area contributed by atoms with Gasteiger partial charge in [-0.05, 0) is 30.7 Å². The first-order chi connectivity index (χ1) is 11.3. The summed E-state index contributed by atoms with van der Waals surface area (Å²) in [5.74, 6) is -2.29. The molecule has 0 unspecified atom stereocenters. The van der Waals surface area contributed by atoms with E-state index in [-0.39, 0.29) is 16.4 Å². The van der Waals surface area contributed by atoms with Crippen LogP contribution in [0.15, 0.2) is 28.9 Å². The molecule has 0 radical (unpaired) electrons. The third-order valence-corrected chi connectivity index (χ3v) is 4.28. The number of anilines is 1. The number of pyridine rings is 1. The number of amides is 1. The quantitative estimate of drug-likeness (QED) is 0.723. The van der Waals surface area contributed by atoms with E-state index in [1.54, 1.807) is 6.92 Å². The lowest BCUT2D eigenvalue weighted by Gasteiger charge is -2.09. The van der Waals surface area contributed by atoms with Gasteiger partial charge in [0.05, 0.1) is 15.6 Å². The molecular formula is C15H10BrCl2FN2O3. The molecule has 0 aliphatic carbocycles. The number of hydrogen-bond donors (Lipinski definition) is 1. The summed E-state index contributed by atoms with van der Waals surface area (Å²) in [4.78, 5) is 27.5. The molecular weight excluding hydrogens is 426 g/mol. The molecule has 126 valence electrons. The molecule has 24 heavy (non-hydrogen) atoms. The zero-order valence-electron chi connectivity index (χ0n) is 12.2. The fraction of sp³-hybridized carbons (Fsp3) is 0.133. The first-order valence-corrected chi connectivity index (χ1v) is 8.07. The molecule has 0 saturated carbocycles. The molecule has 5 nitrogen and oxygen atoms in total. The molecule has 0 bridgehead atoms. The minimum Gasteiger partial charge on any atom is -0.452 e. The van der Waals surface area contributed by atoms with E-state index in [9.17, 15) is 14.0 Å². The Morgan fingerprint density at radius 3 is 2.75 bits per heavy atom. The minimum atomic E-state index is -0.957. The van der Waals surface area contributed by atoms with Gasteiger partial charge >= 0.3 is 5.97 Å². The van der Waals surface area contributed by atoms with Crippen LogP contribution in [-0.4, -0.2) is 23.5 Å². The zero-order chi connectivity index (χ0) is 17.9. The number of ether oxygens (including phenoxy) is 1. The number of halogens is 4. The maximum absolute atomic E-state index is 13.6. The van der Waals surface area contributed by atoms with Gasteiger partial charge in [0, 0.05) is 10.7 Å². The van der Waals surface area contributed by atoms with Crippen molar-refractivity contribution >= 4 is 56.8 Å². The Morgan fingerprint density at radius 2 is 2.08 bits per heavy atom. The lowest BCUT2D eigenvalue weighted by Crippen LogP contribution is -2.22. The summed E-state index contributed by atoms with van der Waals surface area (Å²) in [6.45, 7) is 1.05. The standard InChI is InChI=1S/C15H10BrCl2FN2O3/c1-7-10(17)5-20-14(13(7)18)21-12(22)6-24-15(23)9-3-2-8(16)4-11(9)19/h2-5H,6H2,1H3,(H,20,21,22). The Hall–Kier alpha value is -1.70. The average molecular weight is 436 g/mol. The van der Waals surface area contributed by atoms with Crippen LogP contribution in [0.5, 0.6) is 0 Å². The van der Waals surface area contributed by atoms with Gasteiger partial charge in [0.1, 0.15) is 5.82 Å². The van der Waals surface area contributed by atoms with Gasteiger partial charge < -0.3 is 10.1 Å². The van der Waals surface area contributed by atoms with Gasteiger partial charge in [0.2, 0.25) is 0 Å². The van der Waals surface area contributed by atoms with Gasteiger partial charge in [-0.2, -0.15) is 0 Å². The summed E-state index contributed by atoms with van der Waals surface area (Å²) in [6, 6.07) is 3.86. The van der Waals surface area contributed by atoms with E-state index in [4.69, 9.17) is 27.9 Å². The van der Waals surface area contributed by atoms with Crippen molar-refractivity contribution in [3.63, 3.8) is 0 Å². The first kappa shape index (κ1) is 18.6. The highest BCUT2D eigenvalue weighted by atomic mass is 79.9. The van der Waals surface area contributed by atoms with Crippen LogP contribution in [0.1, 0.15) is 15.9 Å². The van der Waals surface area contributed by atoms with Gasteiger partial charge in [-0.1, -0.05) is 39.1 Å². The maximum Gasteiger partial charge on any atom is 0.341 e. The minimum absolute atomic E-state index is 0.0921. The summed E-state index contributed by atoms with van der Waals surface area (Å²) in [7, 11) is 0. The number of benzene rings is 1. The highest BCUT2D eigenvalue weighted by molar-refractivity contribution is 9.10. The van der Waals surface area contributed by atoms with Crippen LogP contribution in [0.25, 0.3) is 0 Å². The third-order valence-electron chi connectivity index (χ3n) is 2.95. The third kappa shape index (κ3) is 4.43. The molecule has 1 amide bonds. The molecule has 2 aromatic rings. The van der Waals surface area contributed by atoms with Crippen molar-refractivity contribution in [1.82, 2.24) is 4.98 Å². The van der Waals surface area contributed by atoms with Crippen molar-refractivity contribution in [3.05, 3.63) is 55.9 Å². The predicted octanol–water partition coefficient (Wildman–Crippen LogP) is 4.39. The smallest absolute Gasteiger partial charge is 0.341 e. The van der Waals surface area contributed by atoms with Crippen molar-refractivity contribution in [2.45, 2.75) is 6.92 Å². The van der Waals surface area contributed by atoms with Crippen LogP contribution >= 0.6 is 39.1 Å². The van der Waals surface area contributed by atoms with E-state index in [1.807, 2.05) is 0 Å². The van der Waals surface area contributed by atoms with Gasteiger partial charge in [-0.25, -0.2) is 14.2 Å². The van der Waals surface area contributed by atoms with Gasteiger partial charge in [-0.15, -0.1) is 0 Å². The summed E-state index contributed by atoms with van der Waals surface area (Å²) >= 11 is 14.9. The average Bonchev–Trinajstić information content (AvgIpc) is 2.53. The van der Waals surface area contributed by atoms with Crippen LogP contribution < -0.4 is 5.32 Å². The van der Waals surface area contributed by atoms with Crippen LogP contribution in [-0.2, 0) is 9.53 Å². The number of nitrogens with zero attached hydrogens (tertiary/aromatic N) is 1. The summed E-state index contributed by atoms with van der Waals surface area (Å²) in [5.41, 5.74) is 0.280. The summed E-state index contributed by atoms with van der Waals surface area (Å²) < 4.78 is 18.9. The zero-order valence-corrected chi connectivity index (χ0v) is 15.3. The van der Waals surface area contributed by atoms with Crippen LogP contribution in [0.2, 0.25) is 10.0 Å². The molecule has 0 aliphatic rings. The lowest BCUT2D eigenvalue weighted by molar-refractivity contribution is -0.119. The molecule has 1 aromatic heterocycles.